The van der Waals surface area contributed by atoms with E-state index in [9.17, 15) is 0 Å². The van der Waals surface area contributed by atoms with Crippen molar-refractivity contribution >= 4 is 65.7 Å². The van der Waals surface area contributed by atoms with Crippen LogP contribution in [0, 0.1) is 0 Å². The third-order valence-electron chi connectivity index (χ3n) is 10.1. The third-order valence-corrected chi connectivity index (χ3v) is 11.3. The highest BCUT2D eigenvalue weighted by Crippen LogP contribution is 2.46. The van der Waals surface area contributed by atoms with Gasteiger partial charge in [-0.15, -0.1) is 11.3 Å². The first kappa shape index (κ1) is 27.6. The largest absolute Gasteiger partial charge is 0.309 e. The molecule has 11 rings (SSSR count). The second kappa shape index (κ2) is 10.6. The smallest absolute Gasteiger partial charge is 0.234 e. The van der Waals surface area contributed by atoms with Gasteiger partial charge in [0, 0.05) is 58.7 Å². The zero-order chi connectivity index (χ0) is 32.8. The van der Waals surface area contributed by atoms with Gasteiger partial charge in [0.15, 0.2) is 11.6 Å². The van der Waals surface area contributed by atoms with E-state index in [2.05, 4.69) is 149 Å². The predicted octanol–water partition coefficient (Wildman–Crippen LogP) is 9.03. The summed E-state index contributed by atoms with van der Waals surface area (Å²) in [5.41, 5.74) is 7.88. The van der Waals surface area contributed by atoms with Crippen LogP contribution in [-0.2, 0) is 0 Å². The van der Waals surface area contributed by atoms with E-state index in [-0.39, 0.29) is 6.04 Å². The van der Waals surface area contributed by atoms with Gasteiger partial charge in [-0.1, -0.05) is 115 Å². The van der Waals surface area contributed by atoms with Gasteiger partial charge in [0.25, 0.3) is 0 Å². The number of nitrogens with zero attached hydrogens (tertiary/aromatic N) is 5. The quantitative estimate of drug-likeness (QED) is 0.190. The van der Waals surface area contributed by atoms with Crippen molar-refractivity contribution in [1.29, 1.82) is 0 Å². The Bertz CT molecular complexity index is 2940. The highest BCUT2D eigenvalue weighted by atomic mass is 32.1. The lowest BCUT2D eigenvalue weighted by Gasteiger charge is -2.23. The lowest BCUT2D eigenvalue weighted by atomic mass is 10.0. The molecule has 1 unspecified atom stereocenters. The van der Waals surface area contributed by atoms with Crippen LogP contribution in [0.2, 0.25) is 0 Å². The zero-order valence-electron chi connectivity index (χ0n) is 26.7. The van der Waals surface area contributed by atoms with Gasteiger partial charge in [-0.05, 0) is 42.5 Å². The Morgan fingerprint density at radius 3 is 2.10 bits per heavy atom. The molecule has 0 saturated heterocycles. The summed E-state index contributed by atoms with van der Waals surface area (Å²) in [5, 5.41) is 6.19. The number of hydrogen-bond acceptors (Lipinski definition) is 5. The van der Waals surface area contributed by atoms with Crippen molar-refractivity contribution in [3.05, 3.63) is 168 Å². The van der Waals surface area contributed by atoms with Gasteiger partial charge < -0.3 is 4.57 Å². The van der Waals surface area contributed by atoms with Crippen molar-refractivity contribution in [1.82, 2.24) is 19.5 Å². The van der Waals surface area contributed by atoms with Crippen LogP contribution in [0.1, 0.15) is 5.56 Å². The average Bonchev–Trinajstić information content (AvgIpc) is 3.92. The molecule has 1 atom stereocenters. The maximum atomic E-state index is 5.35. The Labute approximate surface area is 291 Å². The summed E-state index contributed by atoms with van der Waals surface area (Å²) < 4.78 is 4.86. The molecule has 1 aliphatic carbocycles. The predicted molar refractivity (Wildman–Crippen MR) is 205 cm³/mol. The van der Waals surface area contributed by atoms with Crippen LogP contribution >= 0.6 is 11.3 Å². The fourth-order valence-electron chi connectivity index (χ4n) is 7.94. The molecular weight excluding hydrogens is 631 g/mol. The summed E-state index contributed by atoms with van der Waals surface area (Å²) >= 11 is 1.79. The van der Waals surface area contributed by atoms with E-state index in [1.54, 1.807) is 11.3 Å². The van der Waals surface area contributed by atoms with Gasteiger partial charge in [-0.2, -0.15) is 9.97 Å². The third kappa shape index (κ3) is 3.91. The molecule has 2 aliphatic rings. The maximum absolute atomic E-state index is 5.35. The Morgan fingerprint density at radius 1 is 0.540 bits per heavy atom. The van der Waals surface area contributed by atoms with Crippen molar-refractivity contribution in [2.24, 2.45) is 0 Å². The van der Waals surface area contributed by atoms with E-state index in [1.165, 1.54) is 52.8 Å². The van der Waals surface area contributed by atoms with Gasteiger partial charge >= 0.3 is 0 Å². The first-order valence-corrected chi connectivity index (χ1v) is 17.7. The average molecular weight is 658 g/mol. The molecule has 4 heterocycles. The number of hydrogen-bond donors (Lipinski definition) is 0. The molecular formula is C44H27N5S. The topological polar surface area (TPSA) is 46.8 Å². The first-order chi connectivity index (χ1) is 24.8. The van der Waals surface area contributed by atoms with Crippen LogP contribution in [0.3, 0.4) is 0 Å². The molecule has 234 valence electrons. The minimum atomic E-state index is -0.0871. The van der Waals surface area contributed by atoms with Gasteiger partial charge in [0.2, 0.25) is 5.95 Å². The van der Waals surface area contributed by atoms with Gasteiger partial charge in [0.1, 0.15) is 0 Å². The van der Waals surface area contributed by atoms with E-state index in [0.29, 0.717) is 17.6 Å². The number of aromatic nitrogens is 4. The summed E-state index contributed by atoms with van der Waals surface area (Å²) in [4.78, 5) is 18.1. The normalized spacial score (nSPS) is 14.7. The van der Waals surface area contributed by atoms with E-state index >= 15 is 0 Å². The molecule has 6 heteroatoms. The van der Waals surface area contributed by atoms with Crippen molar-refractivity contribution in [3.63, 3.8) is 0 Å². The molecule has 5 nitrogen and oxygen atoms in total. The SMILES string of the molecule is C1=c2c(n(-c3ccccc3)c3ccccc23)=C2c3ccccc3N(c3nc(-c4ccccc4)nc(-c4cccc5c4sc4ccccc45)n3)C12. The summed E-state index contributed by atoms with van der Waals surface area (Å²) in [6.07, 6.45) is 2.41. The number of rotatable bonds is 4. The van der Waals surface area contributed by atoms with E-state index in [1.807, 2.05) is 18.2 Å². The van der Waals surface area contributed by atoms with E-state index in [4.69, 9.17) is 15.0 Å². The Kier molecular flexibility index (Phi) is 5.82. The maximum Gasteiger partial charge on any atom is 0.234 e. The molecule has 50 heavy (non-hydrogen) atoms. The van der Waals surface area contributed by atoms with Crippen molar-refractivity contribution in [2.75, 3.05) is 4.90 Å². The summed E-state index contributed by atoms with van der Waals surface area (Å²) in [5.74, 6) is 1.97. The minimum Gasteiger partial charge on any atom is -0.309 e. The number of para-hydroxylation sites is 3. The van der Waals surface area contributed by atoms with Crippen LogP contribution in [0.15, 0.2) is 152 Å². The molecule has 3 aromatic heterocycles. The van der Waals surface area contributed by atoms with E-state index < -0.39 is 0 Å². The first-order valence-electron chi connectivity index (χ1n) is 16.8. The molecule has 0 radical (unpaired) electrons. The summed E-state index contributed by atoms with van der Waals surface area (Å²) in [7, 11) is 0. The van der Waals surface area contributed by atoms with Crippen LogP contribution < -0.4 is 15.5 Å². The van der Waals surface area contributed by atoms with E-state index in [0.717, 1.165) is 22.5 Å². The van der Waals surface area contributed by atoms with Crippen LogP contribution in [0.4, 0.5) is 11.6 Å². The van der Waals surface area contributed by atoms with Crippen molar-refractivity contribution < 1.29 is 0 Å². The van der Waals surface area contributed by atoms with Crippen LogP contribution in [0.25, 0.3) is 71.2 Å². The van der Waals surface area contributed by atoms with Crippen LogP contribution in [-0.4, -0.2) is 25.6 Å². The molecule has 0 spiro atoms. The fourth-order valence-corrected chi connectivity index (χ4v) is 9.15. The number of thiophene rings is 1. The monoisotopic (exact) mass is 657 g/mol. The zero-order valence-corrected chi connectivity index (χ0v) is 27.5. The molecule has 0 N–H and O–H groups in total. The van der Waals surface area contributed by atoms with Gasteiger partial charge in [-0.3, -0.25) is 4.90 Å². The Hall–Kier alpha value is -6.37. The molecule has 6 aromatic carbocycles. The molecule has 0 bridgehead atoms. The Morgan fingerprint density at radius 2 is 1.22 bits per heavy atom. The van der Waals surface area contributed by atoms with Gasteiger partial charge in [-0.25, -0.2) is 4.98 Å². The number of benzene rings is 6. The summed E-state index contributed by atoms with van der Waals surface area (Å²) in [6.45, 7) is 0. The fraction of sp³-hybridized carbons (Fsp3) is 0.0227. The minimum absolute atomic E-state index is 0.0871. The van der Waals surface area contributed by atoms with Crippen molar-refractivity contribution in [2.45, 2.75) is 6.04 Å². The van der Waals surface area contributed by atoms with Crippen LogP contribution in [0.5, 0.6) is 0 Å². The second-order valence-corrected chi connectivity index (χ2v) is 13.8. The standard InChI is InChI=1S/C44H27N5S/c1-3-14-27(15-4-1)42-45-43(33-22-13-21-31-30-19-9-12-25-38(30)50-41(31)33)47-44(46-42)49-36-24-11-8-20-32(36)39-37(49)26-34-29-18-7-10-23-35(29)48(40(34)39)28-16-5-2-6-17-28/h1-26,37H. The molecule has 9 aromatic rings. The van der Waals surface area contributed by atoms with Gasteiger partial charge in [0.05, 0.1) is 22.6 Å². The second-order valence-electron chi connectivity index (χ2n) is 12.8. The molecule has 0 fully saturated rings. The highest BCUT2D eigenvalue weighted by Gasteiger charge is 2.40. The number of fused-ring (bicyclic) bond motifs is 9. The number of anilines is 2. The lowest BCUT2D eigenvalue weighted by Crippen LogP contribution is -2.29. The molecule has 1 aliphatic heterocycles. The highest BCUT2D eigenvalue weighted by molar-refractivity contribution is 7.26. The van der Waals surface area contributed by atoms with Crippen molar-refractivity contribution in [3.8, 4) is 28.5 Å². The molecule has 0 saturated carbocycles. The molecule has 0 amide bonds. The lowest BCUT2D eigenvalue weighted by molar-refractivity contribution is 0.936. The Balaban J connectivity index is 1.19. The summed E-state index contributed by atoms with van der Waals surface area (Å²) in [6, 6.07) is 53.3.